The molecular formula is C13H13N5O3. The molecular weight excluding hydrogens is 274 g/mol. The molecule has 1 aromatic carbocycles. The lowest BCUT2D eigenvalue weighted by Crippen LogP contribution is -2.37. The number of aromatic nitrogens is 3. The molecule has 0 saturated carbocycles. The van der Waals surface area contributed by atoms with Crippen LogP contribution in [-0.4, -0.2) is 39.8 Å². The Labute approximate surface area is 120 Å². The minimum atomic E-state index is -0.654. The van der Waals surface area contributed by atoms with Crippen molar-refractivity contribution < 1.29 is 14.3 Å². The van der Waals surface area contributed by atoms with Gasteiger partial charge in [-0.25, -0.2) is 9.58 Å². The van der Waals surface area contributed by atoms with E-state index in [0.29, 0.717) is 11.4 Å². The fourth-order valence-corrected chi connectivity index (χ4v) is 2.25. The summed E-state index contributed by atoms with van der Waals surface area (Å²) in [6.07, 6.45) is 2.90. The summed E-state index contributed by atoms with van der Waals surface area (Å²) >= 11 is 0. The van der Waals surface area contributed by atoms with E-state index in [2.05, 4.69) is 15.6 Å². The van der Waals surface area contributed by atoms with Crippen LogP contribution in [0.5, 0.6) is 5.75 Å². The number of anilines is 1. The number of nitrogens with one attached hydrogen (secondary N) is 1. The van der Waals surface area contributed by atoms with Gasteiger partial charge in [0.05, 0.1) is 19.2 Å². The second-order valence-corrected chi connectivity index (χ2v) is 4.49. The molecule has 1 fully saturated rings. The first-order valence-corrected chi connectivity index (χ1v) is 6.31. The van der Waals surface area contributed by atoms with E-state index in [9.17, 15) is 9.59 Å². The van der Waals surface area contributed by atoms with Crippen LogP contribution in [0, 0.1) is 0 Å². The molecule has 2 aromatic rings. The number of benzene rings is 1. The van der Waals surface area contributed by atoms with Gasteiger partial charge in [0.15, 0.2) is 0 Å². The Bertz CT molecular complexity index is 670. The molecule has 1 N–H and O–H groups in total. The van der Waals surface area contributed by atoms with Crippen molar-refractivity contribution in [1.29, 1.82) is 0 Å². The lowest BCUT2D eigenvalue weighted by atomic mass is 10.2. The molecule has 2 heterocycles. The van der Waals surface area contributed by atoms with Gasteiger partial charge in [-0.1, -0.05) is 12.1 Å². The van der Waals surface area contributed by atoms with Crippen LogP contribution < -0.4 is 15.1 Å². The van der Waals surface area contributed by atoms with E-state index in [1.54, 1.807) is 24.3 Å². The third-order valence-corrected chi connectivity index (χ3v) is 3.20. The Morgan fingerprint density at radius 3 is 2.67 bits per heavy atom. The first-order chi connectivity index (χ1) is 10.2. The van der Waals surface area contributed by atoms with E-state index in [-0.39, 0.29) is 18.2 Å². The highest BCUT2D eigenvalue weighted by Gasteiger charge is 2.40. The quantitative estimate of drug-likeness (QED) is 0.806. The van der Waals surface area contributed by atoms with E-state index in [1.807, 2.05) is 0 Å². The predicted molar refractivity (Wildman–Crippen MR) is 73.3 cm³/mol. The van der Waals surface area contributed by atoms with Gasteiger partial charge in [0.2, 0.25) is 5.91 Å². The third-order valence-electron chi connectivity index (χ3n) is 3.20. The molecule has 2 amide bonds. The van der Waals surface area contributed by atoms with Crippen molar-refractivity contribution in [3.63, 3.8) is 0 Å². The fraction of sp³-hybridized carbons (Fsp3) is 0.231. The summed E-state index contributed by atoms with van der Waals surface area (Å²) in [5, 5.41) is 7.27. The number of imide groups is 1. The van der Waals surface area contributed by atoms with Crippen LogP contribution >= 0.6 is 0 Å². The lowest BCUT2D eigenvalue weighted by Gasteiger charge is -2.18. The first kappa shape index (κ1) is 13.1. The monoisotopic (exact) mass is 287 g/mol. The second kappa shape index (κ2) is 5.23. The average Bonchev–Trinajstić information content (AvgIpc) is 3.09. The number of carbonyl (C=O) groups is 2. The summed E-state index contributed by atoms with van der Waals surface area (Å²) in [5.74, 6) is -0.141. The molecule has 8 heteroatoms. The number of ether oxygens (including phenoxy) is 1. The van der Waals surface area contributed by atoms with Gasteiger partial charge >= 0.3 is 0 Å². The number of amides is 2. The van der Waals surface area contributed by atoms with Gasteiger partial charge in [-0.3, -0.25) is 9.59 Å². The number of hydrogen-bond acceptors (Lipinski definition) is 6. The minimum Gasteiger partial charge on any atom is -0.495 e. The fourth-order valence-electron chi connectivity index (χ4n) is 2.25. The van der Waals surface area contributed by atoms with Crippen molar-refractivity contribution in [2.75, 3.05) is 17.4 Å². The van der Waals surface area contributed by atoms with Gasteiger partial charge in [-0.05, 0) is 12.1 Å². The number of carbonyl (C=O) groups excluding carboxylic acids is 2. The van der Waals surface area contributed by atoms with Crippen molar-refractivity contribution >= 4 is 17.5 Å². The van der Waals surface area contributed by atoms with Crippen LogP contribution in [0.25, 0.3) is 0 Å². The molecule has 0 bridgehead atoms. The highest BCUT2D eigenvalue weighted by Crippen LogP contribution is 2.31. The van der Waals surface area contributed by atoms with Crippen molar-refractivity contribution in [3.8, 4) is 5.75 Å². The van der Waals surface area contributed by atoms with Gasteiger partial charge in [-0.2, -0.15) is 0 Å². The number of methoxy groups -OCH3 is 1. The van der Waals surface area contributed by atoms with Crippen LogP contribution in [-0.2, 0) is 9.59 Å². The zero-order valence-electron chi connectivity index (χ0n) is 11.3. The SMILES string of the molecule is COc1ccccc1N1C(=O)CC(Nn2cnnc2)C1=O. The highest BCUT2D eigenvalue weighted by molar-refractivity contribution is 6.23. The Morgan fingerprint density at radius 1 is 1.24 bits per heavy atom. The molecule has 0 spiro atoms. The van der Waals surface area contributed by atoms with E-state index >= 15 is 0 Å². The summed E-state index contributed by atoms with van der Waals surface area (Å²) in [7, 11) is 1.50. The van der Waals surface area contributed by atoms with Gasteiger partial charge in [0.25, 0.3) is 5.91 Å². The molecule has 1 aliphatic rings. The first-order valence-electron chi connectivity index (χ1n) is 6.31. The molecule has 1 unspecified atom stereocenters. The van der Waals surface area contributed by atoms with Gasteiger partial charge in [0, 0.05) is 0 Å². The lowest BCUT2D eigenvalue weighted by molar-refractivity contribution is -0.121. The molecule has 3 rings (SSSR count). The summed E-state index contributed by atoms with van der Waals surface area (Å²) in [6, 6.07) is 6.25. The zero-order valence-corrected chi connectivity index (χ0v) is 11.3. The van der Waals surface area contributed by atoms with E-state index in [1.165, 1.54) is 24.4 Å². The maximum atomic E-state index is 12.4. The number of hydrogen-bond donors (Lipinski definition) is 1. The topological polar surface area (TPSA) is 89.3 Å². The molecule has 108 valence electrons. The number of rotatable bonds is 4. The Kier molecular flexibility index (Phi) is 3.27. The van der Waals surface area contributed by atoms with Crippen molar-refractivity contribution in [2.24, 2.45) is 0 Å². The van der Waals surface area contributed by atoms with E-state index in [0.717, 1.165) is 4.90 Å². The van der Waals surface area contributed by atoms with Gasteiger partial charge in [-0.15, -0.1) is 10.2 Å². The molecule has 21 heavy (non-hydrogen) atoms. The van der Waals surface area contributed by atoms with Crippen molar-refractivity contribution in [3.05, 3.63) is 36.9 Å². The highest BCUT2D eigenvalue weighted by atomic mass is 16.5. The molecule has 8 nitrogen and oxygen atoms in total. The largest absolute Gasteiger partial charge is 0.495 e. The average molecular weight is 287 g/mol. The Hall–Kier alpha value is -2.90. The molecule has 1 saturated heterocycles. The smallest absolute Gasteiger partial charge is 0.258 e. The maximum Gasteiger partial charge on any atom is 0.258 e. The number of nitrogens with zero attached hydrogens (tertiary/aromatic N) is 4. The van der Waals surface area contributed by atoms with Crippen LogP contribution in [0.4, 0.5) is 5.69 Å². The van der Waals surface area contributed by atoms with Crippen LogP contribution in [0.15, 0.2) is 36.9 Å². The summed E-state index contributed by atoms with van der Waals surface area (Å²) in [4.78, 5) is 25.7. The molecule has 1 atom stereocenters. The maximum absolute atomic E-state index is 12.4. The third kappa shape index (κ3) is 2.31. The predicted octanol–water partition coefficient (Wildman–Crippen LogP) is 0.162. The molecule has 1 aliphatic heterocycles. The van der Waals surface area contributed by atoms with Crippen LogP contribution in [0.3, 0.4) is 0 Å². The Morgan fingerprint density at radius 2 is 1.95 bits per heavy atom. The van der Waals surface area contributed by atoms with Crippen LogP contribution in [0.1, 0.15) is 6.42 Å². The van der Waals surface area contributed by atoms with Gasteiger partial charge < -0.3 is 10.2 Å². The van der Waals surface area contributed by atoms with E-state index < -0.39 is 6.04 Å². The van der Waals surface area contributed by atoms with Crippen molar-refractivity contribution in [2.45, 2.75) is 12.5 Å². The molecule has 0 radical (unpaired) electrons. The standard InChI is InChI=1S/C13H13N5O3/c1-21-11-5-3-2-4-10(11)18-12(19)6-9(13(18)20)16-17-7-14-15-8-17/h2-5,7-9,16H,6H2,1H3. The normalized spacial score (nSPS) is 18.1. The van der Waals surface area contributed by atoms with Crippen LogP contribution in [0.2, 0.25) is 0 Å². The molecule has 1 aromatic heterocycles. The Balaban J connectivity index is 1.87. The summed E-state index contributed by atoms with van der Waals surface area (Å²) in [5.41, 5.74) is 3.32. The van der Waals surface area contributed by atoms with Gasteiger partial charge in [0.1, 0.15) is 24.4 Å². The second-order valence-electron chi connectivity index (χ2n) is 4.49. The summed E-state index contributed by atoms with van der Waals surface area (Å²) < 4.78 is 6.65. The van der Waals surface area contributed by atoms with Crippen molar-refractivity contribution in [1.82, 2.24) is 14.9 Å². The summed E-state index contributed by atoms with van der Waals surface area (Å²) in [6.45, 7) is 0. The zero-order chi connectivity index (χ0) is 14.8. The number of para-hydroxylation sites is 2. The van der Waals surface area contributed by atoms with E-state index in [4.69, 9.17) is 4.74 Å². The molecule has 0 aliphatic carbocycles. The minimum absolute atomic E-state index is 0.0645.